The van der Waals surface area contributed by atoms with Crippen LogP contribution in [0.2, 0.25) is 0 Å². The number of amides is 2. The van der Waals surface area contributed by atoms with E-state index in [2.05, 4.69) is 5.32 Å². The van der Waals surface area contributed by atoms with Crippen LogP contribution in [0.3, 0.4) is 0 Å². The average Bonchev–Trinajstić information content (AvgIpc) is 3.30. The van der Waals surface area contributed by atoms with Gasteiger partial charge in [-0.05, 0) is 51.5 Å². The number of fused-ring (bicyclic) bond motifs is 1. The first-order valence-corrected chi connectivity index (χ1v) is 12.5. The highest BCUT2D eigenvalue weighted by molar-refractivity contribution is 7.80. The number of ether oxygens (including phenoxy) is 1. The van der Waals surface area contributed by atoms with Gasteiger partial charge in [-0.1, -0.05) is 42.5 Å². The van der Waals surface area contributed by atoms with Crippen molar-refractivity contribution in [3.05, 3.63) is 72.3 Å². The Labute approximate surface area is 207 Å². The zero-order valence-corrected chi connectivity index (χ0v) is 20.7. The van der Waals surface area contributed by atoms with Crippen LogP contribution in [0.25, 0.3) is 10.8 Å². The second kappa shape index (κ2) is 10.1. The van der Waals surface area contributed by atoms with Gasteiger partial charge in [0.2, 0.25) is 0 Å². The van der Waals surface area contributed by atoms with Crippen molar-refractivity contribution < 1.29 is 23.1 Å². The van der Waals surface area contributed by atoms with E-state index in [4.69, 9.17) is 4.74 Å². The lowest BCUT2D eigenvalue weighted by molar-refractivity contribution is 0.0293. The minimum absolute atomic E-state index is 0.241. The zero-order chi connectivity index (χ0) is 25.2. The van der Waals surface area contributed by atoms with Crippen LogP contribution in [0, 0.1) is 0 Å². The molecule has 1 saturated heterocycles. The van der Waals surface area contributed by atoms with Crippen molar-refractivity contribution in [3.8, 4) is 0 Å². The number of nitrogens with zero attached hydrogens (tertiary/aromatic N) is 2. The van der Waals surface area contributed by atoms with Gasteiger partial charge in [0.1, 0.15) is 5.60 Å². The van der Waals surface area contributed by atoms with E-state index in [0.29, 0.717) is 29.9 Å². The molecule has 0 radical (unpaired) electrons. The summed E-state index contributed by atoms with van der Waals surface area (Å²) in [7, 11) is 0. The molecule has 1 aliphatic heterocycles. The van der Waals surface area contributed by atoms with Crippen LogP contribution in [0.15, 0.2) is 66.7 Å². The van der Waals surface area contributed by atoms with E-state index < -0.39 is 23.0 Å². The third kappa shape index (κ3) is 5.63. The first-order chi connectivity index (χ1) is 16.6. The molecule has 0 aliphatic carbocycles. The molecule has 3 aromatic rings. The molecule has 0 aromatic heterocycles. The number of nitrogens with one attached hydrogen (secondary N) is 1. The highest BCUT2D eigenvalue weighted by atomic mass is 32.2. The Morgan fingerprint density at radius 1 is 1.03 bits per heavy atom. The third-order valence-electron chi connectivity index (χ3n) is 5.74. The number of likely N-dealkylation sites (tertiary alicyclic amines) is 1. The molecule has 0 bridgehead atoms. The van der Waals surface area contributed by atoms with Crippen LogP contribution in [0.5, 0.6) is 0 Å². The Morgan fingerprint density at radius 2 is 1.69 bits per heavy atom. The maximum absolute atomic E-state index is 12.7. The highest BCUT2D eigenvalue weighted by Crippen LogP contribution is 2.36. The van der Waals surface area contributed by atoms with Crippen LogP contribution in [0.1, 0.15) is 37.6 Å². The number of carbonyl (C=O) groups is 2. The van der Waals surface area contributed by atoms with Gasteiger partial charge in [-0.2, -0.15) is 0 Å². The summed E-state index contributed by atoms with van der Waals surface area (Å²) in [4.78, 5) is 26.8. The van der Waals surface area contributed by atoms with Gasteiger partial charge in [0, 0.05) is 35.1 Å². The van der Waals surface area contributed by atoms with Gasteiger partial charge < -0.3 is 15.0 Å². The number of hydrogen-bond acceptors (Lipinski definition) is 4. The summed E-state index contributed by atoms with van der Waals surface area (Å²) >= 11 is -2.33. The second-order valence-electron chi connectivity index (χ2n) is 9.42. The van der Waals surface area contributed by atoms with Crippen molar-refractivity contribution in [3.63, 3.8) is 0 Å². The van der Waals surface area contributed by atoms with Gasteiger partial charge in [0.15, 0.2) is 0 Å². The lowest BCUT2D eigenvalue weighted by Crippen LogP contribution is -2.41. The Balaban J connectivity index is 1.63. The quantitative estimate of drug-likeness (QED) is 0.483. The Kier molecular flexibility index (Phi) is 7.09. The van der Waals surface area contributed by atoms with Crippen LogP contribution < -0.4 is 9.62 Å². The number of anilines is 2. The molecule has 2 unspecified atom stereocenters. The predicted octanol–water partition coefficient (Wildman–Crippen LogP) is 5.04. The van der Waals surface area contributed by atoms with Gasteiger partial charge >= 0.3 is 6.09 Å². The largest absolute Gasteiger partial charge is 0.444 e. The number of benzene rings is 3. The molecule has 9 heteroatoms. The molecule has 35 heavy (non-hydrogen) atoms. The molecular formula is C26H29N3O5S. The monoisotopic (exact) mass is 495 g/mol. The Bertz CT molecular complexity index is 1260. The molecule has 1 fully saturated rings. The molecule has 2 atom stereocenters. The summed E-state index contributed by atoms with van der Waals surface area (Å²) in [5, 5.41) is 4.41. The maximum Gasteiger partial charge on any atom is 0.410 e. The third-order valence-corrected chi connectivity index (χ3v) is 6.57. The first kappa shape index (κ1) is 24.7. The fourth-order valence-electron chi connectivity index (χ4n) is 4.20. The molecule has 1 aliphatic rings. The maximum atomic E-state index is 12.7. The van der Waals surface area contributed by atoms with Gasteiger partial charge in [-0.25, -0.2) is 9.00 Å². The summed E-state index contributed by atoms with van der Waals surface area (Å²) in [6.07, 6.45) is 0.0827. The summed E-state index contributed by atoms with van der Waals surface area (Å²) in [6, 6.07) is 19.4. The van der Waals surface area contributed by atoms with Gasteiger partial charge in [0.05, 0.1) is 11.7 Å². The molecule has 184 valence electrons. The molecule has 0 spiro atoms. The minimum atomic E-state index is -2.33. The van der Waals surface area contributed by atoms with Crippen molar-refractivity contribution >= 4 is 45.4 Å². The molecule has 2 N–H and O–H groups in total. The second-order valence-corrected chi connectivity index (χ2v) is 10.3. The number of rotatable bonds is 5. The molecule has 8 nitrogen and oxygen atoms in total. The fraction of sp³-hybridized carbons (Fsp3) is 0.308. The van der Waals surface area contributed by atoms with Crippen LogP contribution in [0.4, 0.5) is 16.2 Å². The fourth-order valence-corrected chi connectivity index (χ4v) is 4.96. The van der Waals surface area contributed by atoms with E-state index in [0.717, 1.165) is 10.8 Å². The molecule has 4 rings (SSSR count). The van der Waals surface area contributed by atoms with E-state index in [1.165, 1.54) is 4.31 Å². The highest BCUT2D eigenvalue weighted by Gasteiger charge is 2.36. The van der Waals surface area contributed by atoms with Gasteiger partial charge in [0.25, 0.3) is 17.2 Å². The van der Waals surface area contributed by atoms with Crippen molar-refractivity contribution in [1.82, 2.24) is 4.90 Å². The normalized spacial score (nSPS) is 16.7. The van der Waals surface area contributed by atoms with E-state index in [1.807, 2.05) is 30.3 Å². The van der Waals surface area contributed by atoms with Crippen LogP contribution in [-0.4, -0.2) is 50.4 Å². The summed E-state index contributed by atoms with van der Waals surface area (Å²) in [6.45, 7) is 6.10. The lowest BCUT2D eigenvalue weighted by Gasteiger charge is -2.29. The van der Waals surface area contributed by atoms with E-state index in [-0.39, 0.29) is 18.5 Å². The minimum Gasteiger partial charge on any atom is -0.444 e. The molecule has 3 aromatic carbocycles. The summed E-state index contributed by atoms with van der Waals surface area (Å²) < 4.78 is 29.7. The average molecular weight is 496 g/mol. The smallest absolute Gasteiger partial charge is 0.410 e. The van der Waals surface area contributed by atoms with E-state index in [9.17, 15) is 18.4 Å². The molecule has 1 heterocycles. The zero-order valence-electron chi connectivity index (χ0n) is 19.9. The lowest BCUT2D eigenvalue weighted by atomic mass is 10.1. The summed E-state index contributed by atoms with van der Waals surface area (Å²) in [5.74, 6) is -0.241. The van der Waals surface area contributed by atoms with Crippen LogP contribution in [-0.2, 0) is 16.0 Å². The number of carbonyl (C=O) groups excluding carboxylic acids is 2. The van der Waals surface area contributed by atoms with Crippen molar-refractivity contribution in [2.45, 2.75) is 38.8 Å². The summed E-state index contributed by atoms with van der Waals surface area (Å²) in [5.41, 5.74) is 1.07. The van der Waals surface area contributed by atoms with Crippen molar-refractivity contribution in [1.29, 1.82) is 0 Å². The molecular weight excluding hydrogens is 466 g/mol. The predicted molar refractivity (Wildman–Crippen MR) is 138 cm³/mol. The Hall–Kier alpha value is -3.43. The Morgan fingerprint density at radius 3 is 2.34 bits per heavy atom. The topological polar surface area (TPSA) is 99.2 Å². The number of hydrogen-bond donors (Lipinski definition) is 2. The van der Waals surface area contributed by atoms with Crippen LogP contribution >= 0.6 is 0 Å². The van der Waals surface area contributed by atoms with E-state index in [1.54, 1.807) is 62.1 Å². The molecule has 2 amide bonds. The van der Waals surface area contributed by atoms with Gasteiger partial charge in [-0.3, -0.25) is 13.7 Å². The standard InChI is InChI=1S/C26H29N3O5S/c1-26(2,3)34-25(31)28-16-15-19(17-28)29(35(32)33)23-14-13-22(20-11-7-8-12-21(20)23)27-24(30)18-9-5-4-6-10-18/h4-14,19H,15-17H2,1-3H3,(H,27,30)(H,32,33). The van der Waals surface area contributed by atoms with Crippen molar-refractivity contribution in [2.24, 2.45) is 0 Å². The van der Waals surface area contributed by atoms with Crippen molar-refractivity contribution in [2.75, 3.05) is 22.7 Å². The molecule has 0 saturated carbocycles. The first-order valence-electron chi connectivity index (χ1n) is 11.4. The van der Waals surface area contributed by atoms with E-state index >= 15 is 0 Å². The van der Waals surface area contributed by atoms with Gasteiger partial charge in [-0.15, -0.1) is 0 Å². The SMILES string of the molecule is CC(C)(C)OC(=O)N1CCC(N(c2ccc(NC(=O)c3ccccc3)c3ccccc23)S(=O)O)C1.